The van der Waals surface area contributed by atoms with Gasteiger partial charge < -0.3 is 4.90 Å². The third-order valence-electron chi connectivity index (χ3n) is 4.41. The van der Waals surface area contributed by atoms with Gasteiger partial charge in [-0.3, -0.25) is 5.10 Å². The van der Waals surface area contributed by atoms with E-state index < -0.39 is 11.6 Å². The largest absolute Gasteiger partial charge is 0.308 e. The highest BCUT2D eigenvalue weighted by Crippen LogP contribution is 2.42. The maximum absolute atomic E-state index is 14.8. The molecule has 0 bridgehead atoms. The molecule has 4 heterocycles. The van der Waals surface area contributed by atoms with Crippen LogP contribution in [0.2, 0.25) is 0 Å². The zero-order valence-electron chi connectivity index (χ0n) is 16.1. The van der Waals surface area contributed by atoms with E-state index >= 15 is 0 Å². The van der Waals surface area contributed by atoms with Crippen LogP contribution in [0.4, 0.5) is 20.3 Å². The summed E-state index contributed by atoms with van der Waals surface area (Å²) in [5.41, 5.74) is 1.31. The fourth-order valence-corrected chi connectivity index (χ4v) is 3.28. The second kappa shape index (κ2) is 8.06. The topological polar surface area (TPSA) is 85.9 Å². The van der Waals surface area contributed by atoms with Crippen molar-refractivity contribution in [3.05, 3.63) is 60.4 Å². The number of fused-ring (bicyclic) bond motifs is 2. The van der Waals surface area contributed by atoms with Crippen molar-refractivity contribution < 1.29 is 8.78 Å². The molecule has 1 N–H and O–H groups in total. The lowest BCUT2D eigenvalue weighted by Gasteiger charge is -2.20. The number of hydrogen-bond acceptors (Lipinski definition) is 5. The molecule has 1 aromatic carbocycles. The van der Waals surface area contributed by atoms with Gasteiger partial charge in [0.15, 0.2) is 5.82 Å². The van der Waals surface area contributed by atoms with Crippen molar-refractivity contribution in [1.29, 1.82) is 5.26 Å². The van der Waals surface area contributed by atoms with Gasteiger partial charge in [0, 0.05) is 6.54 Å². The Morgan fingerprint density at radius 3 is 2.66 bits per heavy atom. The molecule has 0 spiro atoms. The molecule has 0 atom stereocenters. The molecule has 2 aliphatic rings. The van der Waals surface area contributed by atoms with Crippen LogP contribution in [-0.4, -0.2) is 32.4 Å². The van der Waals surface area contributed by atoms with Crippen molar-refractivity contribution in [3.8, 4) is 17.3 Å². The number of rotatable bonds is 1. The van der Waals surface area contributed by atoms with Crippen LogP contribution in [0, 0.1) is 23.0 Å². The van der Waals surface area contributed by atoms with E-state index in [-0.39, 0.29) is 17.0 Å². The number of nitriles is 1. The molecule has 7 nitrogen and oxygen atoms in total. The van der Waals surface area contributed by atoms with Crippen LogP contribution in [-0.2, 0) is 6.54 Å². The Kier molecular flexibility index (Phi) is 5.54. The van der Waals surface area contributed by atoms with E-state index in [1.165, 1.54) is 6.20 Å². The molecule has 5 rings (SSSR count). The SMILES string of the molecule is C=C.CC.N#Cc1ccc(F)c(C2=Nc3cn[nH]c3-c3cnn4c3N2CC4)c1F. The number of amidine groups is 1. The highest BCUT2D eigenvalue weighted by molar-refractivity contribution is 6.14. The molecule has 0 unspecified atom stereocenters. The lowest BCUT2D eigenvalue weighted by molar-refractivity contribution is 0.576. The van der Waals surface area contributed by atoms with Gasteiger partial charge in [-0.1, -0.05) is 13.8 Å². The molecular formula is C20H19F2N7. The monoisotopic (exact) mass is 395 g/mol. The molecule has 0 radical (unpaired) electrons. The third kappa shape index (κ3) is 2.99. The van der Waals surface area contributed by atoms with E-state index in [0.717, 1.165) is 17.7 Å². The quantitative estimate of drug-likeness (QED) is 0.627. The van der Waals surface area contributed by atoms with Gasteiger partial charge in [-0.15, -0.1) is 13.2 Å². The number of aromatic amines is 1. The molecule has 2 aromatic heterocycles. The van der Waals surface area contributed by atoms with Crippen molar-refractivity contribution >= 4 is 17.3 Å². The first-order valence-electron chi connectivity index (χ1n) is 9.03. The maximum atomic E-state index is 14.8. The number of anilines is 1. The fraction of sp³-hybridized carbons (Fsp3) is 0.200. The minimum absolute atomic E-state index is 0.104. The highest BCUT2D eigenvalue weighted by Gasteiger charge is 2.35. The van der Waals surface area contributed by atoms with Crippen LogP contribution in [0.5, 0.6) is 0 Å². The molecule has 0 saturated carbocycles. The second-order valence-corrected chi connectivity index (χ2v) is 5.72. The van der Waals surface area contributed by atoms with E-state index in [2.05, 4.69) is 33.4 Å². The third-order valence-corrected chi connectivity index (χ3v) is 4.41. The first kappa shape index (κ1) is 19.9. The van der Waals surface area contributed by atoms with Crippen molar-refractivity contribution in [2.75, 3.05) is 11.4 Å². The zero-order valence-corrected chi connectivity index (χ0v) is 16.1. The van der Waals surface area contributed by atoms with E-state index in [4.69, 9.17) is 5.26 Å². The molecule has 0 aliphatic carbocycles. The van der Waals surface area contributed by atoms with Gasteiger partial charge in [-0.05, 0) is 12.1 Å². The summed E-state index contributed by atoms with van der Waals surface area (Å²) in [7, 11) is 0. The van der Waals surface area contributed by atoms with E-state index in [1.807, 2.05) is 13.8 Å². The Hall–Kier alpha value is -3.80. The molecule has 0 saturated heterocycles. The van der Waals surface area contributed by atoms with Crippen LogP contribution >= 0.6 is 0 Å². The molecule has 29 heavy (non-hydrogen) atoms. The van der Waals surface area contributed by atoms with Gasteiger partial charge in [0.25, 0.3) is 0 Å². The van der Waals surface area contributed by atoms with Crippen LogP contribution in [0.15, 0.2) is 42.7 Å². The zero-order chi connectivity index (χ0) is 21.1. The van der Waals surface area contributed by atoms with Crippen LogP contribution < -0.4 is 4.90 Å². The van der Waals surface area contributed by atoms with Gasteiger partial charge in [0.2, 0.25) is 0 Å². The lowest BCUT2D eigenvalue weighted by Crippen LogP contribution is -2.31. The molecule has 9 heteroatoms. The summed E-state index contributed by atoms with van der Waals surface area (Å²) in [5.74, 6) is -0.898. The molecule has 0 fully saturated rings. The Morgan fingerprint density at radius 2 is 1.93 bits per heavy atom. The predicted molar refractivity (Wildman–Crippen MR) is 107 cm³/mol. The number of aromatic nitrogens is 4. The highest BCUT2D eigenvalue weighted by atomic mass is 19.1. The number of nitrogens with one attached hydrogen (secondary N) is 1. The van der Waals surface area contributed by atoms with Crippen molar-refractivity contribution in [3.63, 3.8) is 0 Å². The smallest absolute Gasteiger partial charge is 0.154 e. The van der Waals surface area contributed by atoms with Gasteiger partial charge in [-0.2, -0.15) is 15.5 Å². The normalized spacial score (nSPS) is 12.9. The fourth-order valence-electron chi connectivity index (χ4n) is 3.28. The number of benzene rings is 1. The first-order valence-corrected chi connectivity index (χ1v) is 9.03. The van der Waals surface area contributed by atoms with Crippen molar-refractivity contribution in [2.24, 2.45) is 4.99 Å². The summed E-state index contributed by atoms with van der Waals surface area (Å²) in [6.45, 7) is 11.0. The minimum Gasteiger partial charge on any atom is -0.308 e. The van der Waals surface area contributed by atoms with E-state index in [0.29, 0.717) is 30.3 Å². The average Bonchev–Trinajstić information content (AvgIpc) is 3.46. The summed E-state index contributed by atoms with van der Waals surface area (Å²) >= 11 is 0. The molecule has 3 aromatic rings. The Balaban J connectivity index is 0.000000568. The van der Waals surface area contributed by atoms with E-state index in [9.17, 15) is 8.78 Å². The van der Waals surface area contributed by atoms with Gasteiger partial charge in [0.05, 0.1) is 41.3 Å². The Morgan fingerprint density at radius 1 is 1.17 bits per heavy atom. The summed E-state index contributed by atoms with van der Waals surface area (Å²) in [4.78, 5) is 6.18. The van der Waals surface area contributed by atoms with E-state index in [1.54, 1.807) is 21.8 Å². The standard InChI is InChI=1S/C16H9F2N7.C2H6.C2H4/c17-10-2-1-8(5-19)13(18)12(10)15-22-11-7-20-23-14(11)9-6-21-25-4-3-24(15)16(9)25;2*1-2/h1-2,6-7H,3-4H2,(H,20,23);1-2H3;1-2H2. The van der Waals surface area contributed by atoms with Crippen LogP contribution in [0.1, 0.15) is 25.0 Å². The number of halogens is 2. The van der Waals surface area contributed by atoms with Gasteiger partial charge in [-0.25, -0.2) is 18.5 Å². The average molecular weight is 395 g/mol. The van der Waals surface area contributed by atoms with Crippen LogP contribution in [0.3, 0.4) is 0 Å². The summed E-state index contributed by atoms with van der Waals surface area (Å²) in [5, 5.41) is 20.2. The molecule has 2 aliphatic heterocycles. The second-order valence-electron chi connectivity index (χ2n) is 5.72. The van der Waals surface area contributed by atoms with Crippen molar-refractivity contribution in [2.45, 2.75) is 20.4 Å². The maximum Gasteiger partial charge on any atom is 0.154 e. The Bertz CT molecular complexity index is 1120. The predicted octanol–water partition coefficient (Wildman–Crippen LogP) is 4.16. The van der Waals surface area contributed by atoms with Gasteiger partial charge >= 0.3 is 0 Å². The number of H-pyrrole nitrogens is 1. The van der Waals surface area contributed by atoms with Gasteiger partial charge in [0.1, 0.15) is 29.2 Å². The lowest BCUT2D eigenvalue weighted by atomic mass is 10.1. The first-order chi connectivity index (χ1) is 14.2. The minimum atomic E-state index is -0.923. The molecule has 148 valence electrons. The summed E-state index contributed by atoms with van der Waals surface area (Å²) < 4.78 is 31.0. The van der Waals surface area contributed by atoms with Crippen molar-refractivity contribution in [1.82, 2.24) is 20.0 Å². The molecule has 0 amide bonds. The van der Waals surface area contributed by atoms with Crippen LogP contribution in [0.25, 0.3) is 11.3 Å². The Labute approximate surface area is 166 Å². The number of hydrogen-bond donors (Lipinski definition) is 1. The molecular weight excluding hydrogens is 376 g/mol. The number of aliphatic imine (C=N–C) groups is 1. The summed E-state index contributed by atoms with van der Waals surface area (Å²) in [6, 6.07) is 3.94. The number of nitrogens with zero attached hydrogens (tertiary/aromatic N) is 6. The summed E-state index contributed by atoms with van der Waals surface area (Å²) in [6.07, 6.45) is 3.17.